The molecule has 0 amide bonds. The van der Waals surface area contributed by atoms with Crippen molar-refractivity contribution in [2.75, 3.05) is 40.6 Å². The predicted octanol–water partition coefficient (Wildman–Crippen LogP) is 6.01. The highest BCUT2D eigenvalue weighted by molar-refractivity contribution is 5.73. The van der Waals surface area contributed by atoms with Crippen LogP contribution in [0.3, 0.4) is 0 Å². The molecule has 12 heteroatoms. The quantitative estimate of drug-likeness (QED) is 0.0488. The number of esters is 1. The van der Waals surface area contributed by atoms with Gasteiger partial charge >= 0.3 is 11.7 Å². The lowest BCUT2D eigenvalue weighted by Crippen LogP contribution is -2.38. The van der Waals surface area contributed by atoms with Crippen LogP contribution in [0.15, 0.2) is 120 Å². The largest absolute Gasteiger partial charge is 0.497 e. The lowest BCUT2D eigenvalue weighted by Gasteiger charge is -2.37. The van der Waals surface area contributed by atoms with Gasteiger partial charge in [-0.3, -0.25) is 4.57 Å². The van der Waals surface area contributed by atoms with Crippen molar-refractivity contribution in [1.29, 1.82) is 0 Å². The minimum Gasteiger partial charge on any atom is -0.497 e. The highest BCUT2D eigenvalue weighted by Crippen LogP contribution is 2.42. The van der Waals surface area contributed by atoms with Gasteiger partial charge in [0.25, 0.3) is 0 Å². The normalized spacial score (nSPS) is 16.8. The first-order chi connectivity index (χ1) is 26.8. The molecule has 1 saturated heterocycles. The third-order valence-corrected chi connectivity index (χ3v) is 9.36. The fourth-order valence-corrected chi connectivity index (χ4v) is 6.50. The molecule has 0 bridgehead atoms. The maximum absolute atomic E-state index is 13.2. The number of aryl methyl sites for hydroxylation is 1. The fourth-order valence-electron chi connectivity index (χ4n) is 6.50. The van der Waals surface area contributed by atoms with Crippen molar-refractivity contribution in [3.63, 3.8) is 0 Å². The van der Waals surface area contributed by atoms with E-state index in [1.54, 1.807) is 51.6 Å². The molecule has 4 aromatic carbocycles. The maximum atomic E-state index is 13.2. The number of unbranched alkanes of at least 4 members (excludes halogenated alkanes) is 1. The average molecular weight is 751 g/mol. The number of methoxy groups -OCH3 is 2. The topological polar surface area (TPSA) is 137 Å². The maximum Gasteiger partial charge on any atom is 0.352 e. The molecule has 5 aromatic rings. The first-order valence-electron chi connectivity index (χ1n) is 18.2. The zero-order valence-electron chi connectivity index (χ0n) is 31.2. The van der Waals surface area contributed by atoms with Crippen LogP contribution in [0, 0.1) is 6.92 Å². The molecular weight excluding hydrogens is 704 g/mol. The summed E-state index contributed by atoms with van der Waals surface area (Å²) in [7, 11) is 3.24. The summed E-state index contributed by atoms with van der Waals surface area (Å²) in [6.07, 6.45) is 0.609. The lowest BCUT2D eigenvalue weighted by atomic mass is 9.80. The summed E-state index contributed by atoms with van der Waals surface area (Å²) in [5.41, 5.74) is 1.54. The van der Waals surface area contributed by atoms with Crippen molar-refractivity contribution in [3.05, 3.63) is 148 Å². The Labute approximate surface area is 320 Å². The molecule has 1 fully saturated rings. The highest BCUT2D eigenvalue weighted by Gasteiger charge is 2.42. The molecule has 0 saturated carbocycles. The highest BCUT2D eigenvalue weighted by atomic mass is 16.6. The molecule has 55 heavy (non-hydrogen) atoms. The molecule has 6 rings (SSSR count). The Morgan fingerprint density at radius 3 is 2.02 bits per heavy atom. The Morgan fingerprint density at radius 1 is 0.818 bits per heavy atom. The number of aromatic nitrogens is 2. The van der Waals surface area contributed by atoms with E-state index in [1.807, 2.05) is 84.9 Å². The molecule has 0 spiro atoms. The number of benzene rings is 4. The SMILES string of the molecule is COc1ccc(C(OC[C@H]2O[C@@H](n3cc(C)c(OCCCCOCC(=O)Oc4ccccc4)nc3=O)C[C@@H]2O)(c2ccccc2)c2ccc(OC)cc2)cc1. The second-order valence-corrected chi connectivity index (χ2v) is 13.1. The number of carbonyl (C=O) groups excluding carboxylic acids is 1. The van der Waals surface area contributed by atoms with Gasteiger partial charge in [0.1, 0.15) is 41.8 Å². The second-order valence-electron chi connectivity index (χ2n) is 13.1. The van der Waals surface area contributed by atoms with E-state index in [4.69, 9.17) is 33.2 Å². The monoisotopic (exact) mass is 750 g/mol. The Morgan fingerprint density at radius 2 is 1.40 bits per heavy atom. The Hall–Kier alpha value is -5.53. The Kier molecular flexibility index (Phi) is 13.3. The number of para-hydroxylation sites is 1. The van der Waals surface area contributed by atoms with Gasteiger partial charge < -0.3 is 38.3 Å². The van der Waals surface area contributed by atoms with Crippen molar-refractivity contribution >= 4 is 5.97 Å². The molecular formula is C43H46N2O10. The van der Waals surface area contributed by atoms with Gasteiger partial charge in [-0.2, -0.15) is 4.98 Å². The van der Waals surface area contributed by atoms with Crippen LogP contribution in [0.25, 0.3) is 0 Å². The first kappa shape index (κ1) is 39.2. The van der Waals surface area contributed by atoms with Crippen molar-refractivity contribution < 1.29 is 43.1 Å². The molecule has 12 nitrogen and oxygen atoms in total. The van der Waals surface area contributed by atoms with Gasteiger partial charge in [-0.25, -0.2) is 9.59 Å². The lowest BCUT2D eigenvalue weighted by molar-refractivity contribution is -0.139. The minimum absolute atomic E-state index is 0.00486. The number of hydrogen-bond donors (Lipinski definition) is 1. The van der Waals surface area contributed by atoms with Crippen LogP contribution in [0.4, 0.5) is 0 Å². The van der Waals surface area contributed by atoms with Crippen molar-refractivity contribution in [2.24, 2.45) is 0 Å². The van der Waals surface area contributed by atoms with E-state index in [9.17, 15) is 14.7 Å². The van der Waals surface area contributed by atoms with Gasteiger partial charge in [0.2, 0.25) is 5.88 Å². The van der Waals surface area contributed by atoms with E-state index in [0.717, 1.165) is 16.7 Å². The Bertz CT molecular complexity index is 1970. The van der Waals surface area contributed by atoms with Crippen molar-refractivity contribution in [1.82, 2.24) is 9.55 Å². The van der Waals surface area contributed by atoms with Gasteiger partial charge in [-0.15, -0.1) is 0 Å². The Balaban J connectivity index is 1.09. The summed E-state index contributed by atoms with van der Waals surface area (Å²) in [6.45, 7) is 2.30. The molecule has 1 aromatic heterocycles. The first-order valence-corrected chi connectivity index (χ1v) is 18.2. The molecule has 0 aliphatic carbocycles. The van der Waals surface area contributed by atoms with E-state index < -0.39 is 35.7 Å². The minimum atomic E-state index is -1.10. The van der Waals surface area contributed by atoms with Crippen LogP contribution < -0.4 is 24.6 Å². The average Bonchev–Trinajstić information content (AvgIpc) is 3.59. The summed E-state index contributed by atoms with van der Waals surface area (Å²) in [5.74, 6) is 1.62. The summed E-state index contributed by atoms with van der Waals surface area (Å²) < 4.78 is 42.0. The van der Waals surface area contributed by atoms with Gasteiger partial charge in [-0.05, 0) is 72.9 Å². The molecule has 0 radical (unpaired) electrons. The molecule has 3 atom stereocenters. The van der Waals surface area contributed by atoms with Crippen LogP contribution in [-0.2, 0) is 24.6 Å². The summed E-state index contributed by atoms with van der Waals surface area (Å²) in [4.78, 5) is 29.3. The fraction of sp³-hybridized carbons (Fsp3) is 0.326. The molecule has 1 aliphatic rings. The van der Waals surface area contributed by atoms with Crippen LogP contribution in [0.2, 0.25) is 0 Å². The summed E-state index contributed by atoms with van der Waals surface area (Å²) >= 11 is 0. The third kappa shape index (κ3) is 9.59. The third-order valence-electron chi connectivity index (χ3n) is 9.36. The summed E-state index contributed by atoms with van der Waals surface area (Å²) in [6, 6.07) is 34.0. The van der Waals surface area contributed by atoms with Crippen LogP contribution >= 0.6 is 0 Å². The van der Waals surface area contributed by atoms with Gasteiger partial charge in [0, 0.05) is 24.8 Å². The molecule has 1 N–H and O–H groups in total. The van der Waals surface area contributed by atoms with Crippen LogP contribution in [0.5, 0.6) is 23.1 Å². The standard InChI is InChI=1S/C43H46N2O10/c1-30-27-45(42(48)44-41(30)52-25-11-10-24-51-29-40(47)54-36-14-8-5-9-15-36)39-26-37(46)38(55-39)28-53-43(31-12-6-4-7-13-31,32-16-20-34(49-2)21-17-32)33-18-22-35(50-3)23-19-33/h4-9,12-23,27,37-39,46H,10-11,24-26,28-29H2,1-3H3/t37-,38+,39+/m0/s1. The zero-order valence-corrected chi connectivity index (χ0v) is 31.2. The number of hydrogen-bond acceptors (Lipinski definition) is 11. The van der Waals surface area contributed by atoms with Crippen molar-refractivity contribution in [3.8, 4) is 23.1 Å². The smallest absolute Gasteiger partial charge is 0.352 e. The van der Waals surface area contributed by atoms with E-state index in [-0.39, 0.29) is 25.5 Å². The van der Waals surface area contributed by atoms with E-state index in [2.05, 4.69) is 4.98 Å². The molecule has 1 aliphatic heterocycles. The number of ether oxygens (including phenoxy) is 7. The molecule has 0 unspecified atom stereocenters. The van der Waals surface area contributed by atoms with Gasteiger partial charge in [-0.1, -0.05) is 72.8 Å². The number of nitrogens with zero attached hydrogens (tertiary/aromatic N) is 2. The number of carbonyl (C=O) groups is 1. The van der Waals surface area contributed by atoms with Crippen LogP contribution in [-0.4, -0.2) is 73.5 Å². The van der Waals surface area contributed by atoms with E-state index >= 15 is 0 Å². The number of aliphatic hydroxyl groups is 1. The second kappa shape index (κ2) is 18.7. The van der Waals surface area contributed by atoms with Gasteiger partial charge in [0.05, 0.1) is 33.5 Å². The molecule has 2 heterocycles. The number of aliphatic hydroxyl groups excluding tert-OH is 1. The summed E-state index contributed by atoms with van der Waals surface area (Å²) in [5, 5.41) is 11.2. The van der Waals surface area contributed by atoms with Crippen molar-refractivity contribution in [2.45, 2.75) is 50.2 Å². The molecule has 288 valence electrons. The van der Waals surface area contributed by atoms with E-state index in [0.29, 0.717) is 48.9 Å². The van der Waals surface area contributed by atoms with E-state index in [1.165, 1.54) is 4.57 Å². The van der Waals surface area contributed by atoms with Crippen LogP contribution in [0.1, 0.15) is 47.7 Å². The number of rotatable bonds is 18. The van der Waals surface area contributed by atoms with Gasteiger partial charge in [0.15, 0.2) is 0 Å². The zero-order chi connectivity index (χ0) is 38.6. The predicted molar refractivity (Wildman–Crippen MR) is 204 cm³/mol.